The predicted octanol–water partition coefficient (Wildman–Crippen LogP) is 8.84. The summed E-state index contributed by atoms with van der Waals surface area (Å²) in [5.41, 5.74) is 6.47. The molecular weight excluding hydrogens is 673 g/mol. The number of carbonyl (C=O) groups is 1. The van der Waals surface area contributed by atoms with Crippen LogP contribution < -0.4 is 0 Å². The minimum atomic E-state index is -0.125. The Morgan fingerprint density at radius 1 is 0.550 bits per heavy atom. The molecule has 0 amide bonds. The number of nitrogens with zero attached hydrogens (tertiary/aromatic N) is 2. The topological polar surface area (TPSA) is 63.1 Å². The number of carbonyl (C=O) groups excluding carboxylic acids is 1. The fourth-order valence-corrected chi connectivity index (χ4v) is 3.97. The van der Waals surface area contributed by atoms with Crippen molar-refractivity contribution in [2.75, 3.05) is 0 Å². The van der Waals surface area contributed by atoms with Gasteiger partial charge in [-0.1, -0.05) is 109 Å². The second-order valence-corrected chi connectivity index (χ2v) is 8.91. The molecule has 40 heavy (non-hydrogen) atoms. The van der Waals surface area contributed by atoms with E-state index in [2.05, 4.69) is 70.6 Å². The van der Waals surface area contributed by atoms with Gasteiger partial charge in [-0.3, -0.25) is 4.79 Å². The van der Waals surface area contributed by atoms with Crippen LogP contribution in [0.5, 0.6) is 0 Å². The average molecular weight is 703 g/mol. The van der Waals surface area contributed by atoms with Gasteiger partial charge in [0.1, 0.15) is 0 Å². The van der Waals surface area contributed by atoms with Gasteiger partial charge in [-0.2, -0.15) is 0 Å². The van der Waals surface area contributed by atoms with Crippen molar-refractivity contribution < 1.29 is 30.0 Å². The van der Waals surface area contributed by atoms with Crippen molar-refractivity contribution in [2.45, 2.75) is 13.8 Å². The standard InChI is InChI=1S/2C15H11N.C5H8O2.Ir/c2*1-2-6-12(7-3-1)15-11-10-13-8-4-5-9-14(13)16-15;1-4(6)3-5(2)7;/h2*1-11H;3,6H,1-2H3;/b;;4-3+;. The van der Waals surface area contributed by atoms with E-state index < -0.39 is 0 Å². The van der Waals surface area contributed by atoms with Gasteiger partial charge in [0.05, 0.1) is 28.2 Å². The zero-order chi connectivity index (χ0) is 27.5. The van der Waals surface area contributed by atoms with Crippen molar-refractivity contribution in [3.05, 3.63) is 145 Å². The number of aliphatic hydroxyl groups excluding tert-OH is 1. The molecule has 1 radical (unpaired) electrons. The van der Waals surface area contributed by atoms with Crippen molar-refractivity contribution in [1.82, 2.24) is 9.97 Å². The number of para-hydroxylation sites is 2. The van der Waals surface area contributed by atoms with Crippen molar-refractivity contribution >= 4 is 27.6 Å². The van der Waals surface area contributed by atoms with E-state index in [1.165, 1.54) is 30.7 Å². The van der Waals surface area contributed by atoms with Crippen molar-refractivity contribution in [2.24, 2.45) is 0 Å². The fraction of sp³-hybridized carbons (Fsp3) is 0.0571. The summed E-state index contributed by atoms with van der Waals surface area (Å²) in [5.74, 6) is -0.0625. The van der Waals surface area contributed by atoms with Crippen molar-refractivity contribution in [1.29, 1.82) is 0 Å². The first kappa shape index (κ1) is 30.1. The molecule has 6 rings (SSSR count). The van der Waals surface area contributed by atoms with Crippen molar-refractivity contribution in [3.8, 4) is 22.5 Å². The largest absolute Gasteiger partial charge is 0.512 e. The van der Waals surface area contributed by atoms with Gasteiger partial charge < -0.3 is 5.11 Å². The summed E-state index contributed by atoms with van der Waals surface area (Å²) in [5, 5.41) is 10.7. The zero-order valence-corrected chi connectivity index (χ0v) is 24.8. The van der Waals surface area contributed by atoms with Crippen LogP contribution in [0.1, 0.15) is 13.8 Å². The zero-order valence-electron chi connectivity index (χ0n) is 22.4. The molecule has 0 bridgehead atoms. The van der Waals surface area contributed by atoms with Crippen LogP contribution in [0, 0.1) is 0 Å². The van der Waals surface area contributed by atoms with E-state index in [1.54, 1.807) is 0 Å². The Bertz CT molecular complexity index is 1580. The first-order chi connectivity index (χ1) is 19.0. The van der Waals surface area contributed by atoms with Gasteiger partial charge in [-0.25, -0.2) is 9.97 Å². The summed E-state index contributed by atoms with van der Waals surface area (Å²) in [7, 11) is 0. The molecule has 2 heterocycles. The molecule has 5 heteroatoms. The molecule has 0 aliphatic heterocycles. The van der Waals surface area contributed by atoms with Crippen LogP contribution in [0.15, 0.2) is 145 Å². The van der Waals surface area contributed by atoms with Crippen LogP contribution in [0.3, 0.4) is 0 Å². The summed E-state index contributed by atoms with van der Waals surface area (Å²) < 4.78 is 0. The average Bonchev–Trinajstić information content (AvgIpc) is 2.97. The number of hydrogen-bond donors (Lipinski definition) is 1. The molecule has 1 N–H and O–H groups in total. The molecule has 0 saturated heterocycles. The fourth-order valence-electron chi connectivity index (χ4n) is 3.97. The summed E-state index contributed by atoms with van der Waals surface area (Å²) in [6, 6.07) is 45.2. The molecule has 0 saturated carbocycles. The van der Waals surface area contributed by atoms with Crippen LogP contribution in [0.2, 0.25) is 0 Å². The van der Waals surface area contributed by atoms with Crippen LogP contribution in [-0.4, -0.2) is 20.9 Å². The minimum absolute atomic E-state index is 0. The number of pyridine rings is 2. The molecule has 4 nitrogen and oxygen atoms in total. The monoisotopic (exact) mass is 703 g/mol. The number of benzene rings is 4. The molecule has 0 spiro atoms. The van der Waals surface area contributed by atoms with E-state index >= 15 is 0 Å². The predicted molar refractivity (Wildman–Crippen MR) is 161 cm³/mol. The number of allylic oxidation sites excluding steroid dienone is 2. The number of aromatic nitrogens is 2. The molecule has 0 fully saturated rings. The maximum absolute atomic E-state index is 10.0. The normalized spacial score (nSPS) is 10.4. The maximum atomic E-state index is 10.0. The van der Waals surface area contributed by atoms with Gasteiger partial charge in [0.2, 0.25) is 0 Å². The third kappa shape index (κ3) is 8.81. The first-order valence-corrected chi connectivity index (χ1v) is 12.7. The van der Waals surface area contributed by atoms with Gasteiger partial charge in [-0.15, -0.1) is 0 Å². The SMILES string of the molecule is CC(=O)/C=C(\C)O.[Ir].c1ccc(-c2ccc3ccccc3n2)cc1.c1ccc(-c2ccc3ccccc3n2)cc1. The smallest absolute Gasteiger partial charge is 0.155 e. The number of ketones is 1. The summed E-state index contributed by atoms with van der Waals surface area (Å²) in [6.45, 7) is 2.85. The van der Waals surface area contributed by atoms with Crippen LogP contribution in [-0.2, 0) is 24.9 Å². The quantitative estimate of drug-likeness (QED) is 0.148. The van der Waals surface area contributed by atoms with Gasteiger partial charge in [0.25, 0.3) is 0 Å². The molecule has 0 atom stereocenters. The number of fused-ring (bicyclic) bond motifs is 2. The van der Waals surface area contributed by atoms with E-state index in [4.69, 9.17) is 5.11 Å². The van der Waals surface area contributed by atoms with Gasteiger partial charge in [-0.05, 0) is 38.1 Å². The second-order valence-electron chi connectivity index (χ2n) is 8.91. The summed E-state index contributed by atoms with van der Waals surface area (Å²) >= 11 is 0. The number of aliphatic hydroxyl groups is 1. The van der Waals surface area contributed by atoms with Gasteiger partial charge in [0, 0.05) is 48.1 Å². The summed E-state index contributed by atoms with van der Waals surface area (Å²) in [4.78, 5) is 19.3. The van der Waals surface area contributed by atoms with Gasteiger partial charge in [0.15, 0.2) is 5.78 Å². The maximum Gasteiger partial charge on any atom is 0.155 e. The molecule has 0 aliphatic carbocycles. The van der Waals surface area contributed by atoms with E-state index in [-0.39, 0.29) is 31.6 Å². The Kier molecular flexibility index (Phi) is 11.5. The molecule has 0 aliphatic rings. The molecule has 4 aromatic carbocycles. The Balaban J connectivity index is 0.000000177. The Morgan fingerprint density at radius 2 is 0.925 bits per heavy atom. The van der Waals surface area contributed by atoms with Gasteiger partial charge >= 0.3 is 0 Å². The van der Waals surface area contributed by atoms with E-state index in [9.17, 15) is 4.79 Å². The molecule has 2 aromatic heterocycles. The van der Waals surface area contributed by atoms with Crippen LogP contribution >= 0.6 is 0 Å². The molecule has 6 aromatic rings. The van der Waals surface area contributed by atoms with Crippen LogP contribution in [0.25, 0.3) is 44.3 Å². The first-order valence-electron chi connectivity index (χ1n) is 12.7. The Morgan fingerprint density at radius 3 is 1.27 bits per heavy atom. The third-order valence-electron chi connectivity index (χ3n) is 5.75. The third-order valence-corrected chi connectivity index (χ3v) is 5.75. The second kappa shape index (κ2) is 15.2. The van der Waals surface area contributed by atoms with Crippen LogP contribution in [0.4, 0.5) is 0 Å². The van der Waals surface area contributed by atoms with E-state index in [0.29, 0.717) is 0 Å². The minimum Gasteiger partial charge on any atom is -0.512 e. The summed E-state index contributed by atoms with van der Waals surface area (Å²) in [6.07, 6.45) is 1.17. The molecular formula is C35H30IrN2O2. The molecule has 201 valence electrons. The van der Waals surface area contributed by atoms with E-state index in [0.717, 1.165) is 33.5 Å². The number of rotatable bonds is 3. The Hall–Kier alpha value is -4.44. The van der Waals surface area contributed by atoms with E-state index in [1.807, 2.05) is 72.8 Å². The molecule has 0 unspecified atom stereocenters. The Labute approximate surface area is 248 Å². The number of hydrogen-bond acceptors (Lipinski definition) is 4. The van der Waals surface area contributed by atoms with Crippen molar-refractivity contribution in [3.63, 3.8) is 0 Å².